The van der Waals surface area contributed by atoms with E-state index in [1.54, 1.807) is 4.90 Å². The third-order valence-electron chi connectivity index (χ3n) is 5.18. The first-order valence-electron chi connectivity index (χ1n) is 9.38. The van der Waals surface area contributed by atoms with Crippen LogP contribution in [0.3, 0.4) is 0 Å². The van der Waals surface area contributed by atoms with E-state index >= 15 is 0 Å². The predicted octanol–water partition coefficient (Wildman–Crippen LogP) is 1.01. The van der Waals surface area contributed by atoms with Crippen LogP contribution in [-0.4, -0.2) is 52.7 Å². The van der Waals surface area contributed by atoms with Crippen LogP contribution in [0.4, 0.5) is 0 Å². The Morgan fingerprint density at radius 3 is 2.70 bits per heavy atom. The van der Waals surface area contributed by atoms with E-state index in [2.05, 4.69) is 17.3 Å². The van der Waals surface area contributed by atoms with Gasteiger partial charge in [0.25, 0.3) is 5.91 Å². The number of rotatable bonds is 6. The smallest absolute Gasteiger partial charge is 0.255 e. The summed E-state index contributed by atoms with van der Waals surface area (Å²) in [6.07, 6.45) is 1.55. The van der Waals surface area contributed by atoms with Crippen LogP contribution in [0.25, 0.3) is 0 Å². The van der Waals surface area contributed by atoms with Gasteiger partial charge in [-0.05, 0) is 57.5 Å². The van der Waals surface area contributed by atoms with Crippen molar-refractivity contribution in [1.29, 1.82) is 0 Å². The minimum Gasteiger partial charge on any atom is -0.326 e. The highest BCUT2D eigenvalue weighted by Crippen LogP contribution is 2.28. The third-order valence-corrected chi connectivity index (χ3v) is 5.18. The lowest BCUT2D eigenvalue weighted by Crippen LogP contribution is -2.52. The number of hydrogen-bond donors (Lipinski definition) is 2. The molecule has 1 saturated heterocycles. The third kappa shape index (κ3) is 4.54. The van der Waals surface area contributed by atoms with Gasteiger partial charge in [-0.1, -0.05) is 12.1 Å². The molecule has 0 aromatic heterocycles. The molecule has 3 amide bonds. The Balaban J connectivity index is 1.67. The molecule has 0 saturated carbocycles. The lowest BCUT2D eigenvalue weighted by Gasteiger charge is -2.29. The zero-order valence-corrected chi connectivity index (χ0v) is 16.2. The fourth-order valence-electron chi connectivity index (χ4n) is 3.60. The Bertz CT molecular complexity index is 769. The minimum atomic E-state index is -0.569. The van der Waals surface area contributed by atoms with E-state index in [-0.39, 0.29) is 29.7 Å². The van der Waals surface area contributed by atoms with Crippen LogP contribution in [0.1, 0.15) is 54.6 Å². The van der Waals surface area contributed by atoms with E-state index in [4.69, 9.17) is 5.73 Å². The van der Waals surface area contributed by atoms with Gasteiger partial charge in [0.1, 0.15) is 6.04 Å². The van der Waals surface area contributed by atoms with Crippen molar-refractivity contribution in [2.24, 2.45) is 5.73 Å². The van der Waals surface area contributed by atoms with Crippen LogP contribution >= 0.6 is 0 Å². The summed E-state index contributed by atoms with van der Waals surface area (Å²) in [5.41, 5.74) is 8.57. The molecule has 1 atom stereocenters. The normalized spacial score (nSPS) is 20.3. The zero-order chi connectivity index (χ0) is 19.8. The van der Waals surface area contributed by atoms with Crippen molar-refractivity contribution in [2.75, 3.05) is 13.6 Å². The van der Waals surface area contributed by atoms with Gasteiger partial charge in [-0.2, -0.15) is 0 Å². The van der Waals surface area contributed by atoms with Gasteiger partial charge in [0.15, 0.2) is 0 Å². The molecule has 146 valence electrons. The average Bonchev–Trinajstić information content (AvgIpc) is 2.89. The summed E-state index contributed by atoms with van der Waals surface area (Å²) in [6, 6.07) is 5.29. The lowest BCUT2D eigenvalue weighted by molar-refractivity contribution is -0.136. The summed E-state index contributed by atoms with van der Waals surface area (Å²) in [6.45, 7) is 6.11. The molecule has 0 radical (unpaired) electrons. The second-order valence-electron chi connectivity index (χ2n) is 8.37. The highest BCUT2D eigenvalue weighted by molar-refractivity contribution is 6.05. The van der Waals surface area contributed by atoms with Crippen molar-refractivity contribution in [3.63, 3.8) is 0 Å². The Labute approximate surface area is 159 Å². The molecule has 0 bridgehead atoms. The number of benzene rings is 1. The Kier molecular flexibility index (Phi) is 5.35. The van der Waals surface area contributed by atoms with Crippen LogP contribution in [0, 0.1) is 0 Å². The van der Waals surface area contributed by atoms with Crippen LogP contribution < -0.4 is 11.1 Å². The monoisotopic (exact) mass is 372 g/mol. The van der Waals surface area contributed by atoms with E-state index in [0.29, 0.717) is 18.5 Å². The van der Waals surface area contributed by atoms with E-state index in [1.165, 1.54) is 0 Å². The maximum absolute atomic E-state index is 12.7. The van der Waals surface area contributed by atoms with E-state index < -0.39 is 6.04 Å². The van der Waals surface area contributed by atoms with Crippen molar-refractivity contribution in [3.8, 4) is 0 Å². The summed E-state index contributed by atoms with van der Waals surface area (Å²) in [5, 5.41) is 2.33. The number of nitrogens with two attached hydrogens (primary N) is 1. The molecule has 2 heterocycles. The molecule has 3 N–H and O–H groups in total. The van der Waals surface area contributed by atoms with Crippen molar-refractivity contribution in [3.05, 3.63) is 34.9 Å². The molecule has 27 heavy (non-hydrogen) atoms. The number of amides is 3. The summed E-state index contributed by atoms with van der Waals surface area (Å²) in [7, 11) is 2.06. The van der Waals surface area contributed by atoms with E-state index in [0.717, 1.165) is 30.6 Å². The summed E-state index contributed by atoms with van der Waals surface area (Å²) < 4.78 is 0. The Hall–Kier alpha value is -2.25. The first-order valence-corrected chi connectivity index (χ1v) is 9.38. The molecule has 7 heteroatoms. The first kappa shape index (κ1) is 19.5. The molecule has 7 nitrogen and oxygen atoms in total. The van der Waals surface area contributed by atoms with Gasteiger partial charge in [0.05, 0.1) is 0 Å². The van der Waals surface area contributed by atoms with Gasteiger partial charge in [-0.3, -0.25) is 19.7 Å². The number of carbonyl (C=O) groups is 3. The largest absolute Gasteiger partial charge is 0.326 e. The molecular weight excluding hydrogens is 344 g/mol. The van der Waals surface area contributed by atoms with Crippen molar-refractivity contribution in [1.82, 2.24) is 15.1 Å². The maximum atomic E-state index is 12.7. The maximum Gasteiger partial charge on any atom is 0.255 e. The molecule has 1 aromatic carbocycles. The van der Waals surface area contributed by atoms with Crippen molar-refractivity contribution >= 4 is 17.7 Å². The summed E-state index contributed by atoms with van der Waals surface area (Å²) in [4.78, 5) is 40.0. The van der Waals surface area contributed by atoms with Crippen LogP contribution in [-0.2, 0) is 22.7 Å². The zero-order valence-electron chi connectivity index (χ0n) is 16.2. The van der Waals surface area contributed by atoms with Crippen LogP contribution in [0.15, 0.2) is 18.2 Å². The predicted molar refractivity (Wildman–Crippen MR) is 102 cm³/mol. The molecule has 2 aliphatic heterocycles. The van der Waals surface area contributed by atoms with Crippen LogP contribution in [0.5, 0.6) is 0 Å². The first-order chi connectivity index (χ1) is 12.6. The number of fused-ring (bicyclic) bond motifs is 1. The number of nitrogens with one attached hydrogen (secondary N) is 1. The quantitative estimate of drug-likeness (QED) is 0.727. The molecule has 1 fully saturated rings. The average molecular weight is 372 g/mol. The molecule has 1 aromatic rings. The molecule has 1 unspecified atom stereocenters. The fourth-order valence-corrected chi connectivity index (χ4v) is 3.60. The highest BCUT2D eigenvalue weighted by atomic mass is 16.2. The number of nitrogens with zero attached hydrogens (tertiary/aromatic N) is 2. The Morgan fingerprint density at radius 2 is 2.04 bits per heavy atom. The number of imide groups is 1. The highest BCUT2D eigenvalue weighted by Gasteiger charge is 2.39. The second-order valence-corrected chi connectivity index (χ2v) is 8.37. The molecule has 0 spiro atoms. The minimum absolute atomic E-state index is 0.135. The van der Waals surface area contributed by atoms with Gasteiger partial charge in [0, 0.05) is 30.6 Å². The molecular formula is C20H28N4O3. The van der Waals surface area contributed by atoms with Crippen molar-refractivity contribution in [2.45, 2.75) is 57.8 Å². The molecule has 0 aliphatic carbocycles. The topological polar surface area (TPSA) is 95.7 Å². The second kappa shape index (κ2) is 7.40. The molecule has 3 rings (SSSR count). The van der Waals surface area contributed by atoms with Gasteiger partial charge in [-0.15, -0.1) is 0 Å². The fraction of sp³-hybridized carbons (Fsp3) is 0.550. The standard InChI is InChI=1S/C20H28N4O3/c1-20(2,21)8-9-23(3)11-13-4-5-15-14(10-13)12-24(19(15)27)16-6-7-17(25)22-18(16)26/h4-5,10,16H,6-9,11-12,21H2,1-3H3,(H,22,25,26). The number of carbonyl (C=O) groups excluding carboxylic acids is 3. The van der Waals surface area contributed by atoms with E-state index in [1.807, 2.05) is 32.0 Å². The number of piperidine rings is 1. The Morgan fingerprint density at radius 1 is 1.30 bits per heavy atom. The number of hydrogen-bond acceptors (Lipinski definition) is 5. The van der Waals surface area contributed by atoms with Crippen LogP contribution in [0.2, 0.25) is 0 Å². The SMILES string of the molecule is CN(CCC(C)(C)N)Cc1ccc2c(c1)CN(C1CCC(=O)NC1=O)C2=O. The van der Waals surface area contributed by atoms with Gasteiger partial charge in [-0.25, -0.2) is 0 Å². The van der Waals surface area contributed by atoms with Gasteiger partial charge >= 0.3 is 0 Å². The molecule has 2 aliphatic rings. The van der Waals surface area contributed by atoms with Gasteiger partial charge in [0.2, 0.25) is 11.8 Å². The lowest BCUT2D eigenvalue weighted by atomic mass is 10.0. The van der Waals surface area contributed by atoms with E-state index in [9.17, 15) is 14.4 Å². The van der Waals surface area contributed by atoms with Crippen molar-refractivity contribution < 1.29 is 14.4 Å². The van der Waals surface area contributed by atoms with Gasteiger partial charge < -0.3 is 15.5 Å². The summed E-state index contributed by atoms with van der Waals surface area (Å²) in [5.74, 6) is -0.785. The summed E-state index contributed by atoms with van der Waals surface area (Å²) >= 11 is 0.